The number of ether oxygens (including phenoxy) is 4. The van der Waals surface area contributed by atoms with Crippen molar-refractivity contribution in [3.8, 4) is 0 Å². The van der Waals surface area contributed by atoms with Crippen LogP contribution in [-0.4, -0.2) is 46.3 Å². The molecule has 0 spiro atoms. The van der Waals surface area contributed by atoms with Crippen molar-refractivity contribution < 1.29 is 23.7 Å². The zero-order valence-electron chi connectivity index (χ0n) is 8.08. The lowest BCUT2D eigenvalue weighted by Gasteiger charge is -2.09. The van der Waals surface area contributed by atoms with E-state index in [1.54, 1.807) is 6.92 Å². The van der Waals surface area contributed by atoms with Gasteiger partial charge in [0.25, 0.3) is 0 Å². The van der Waals surface area contributed by atoms with Gasteiger partial charge in [0.15, 0.2) is 0 Å². The molecule has 0 amide bonds. The molecule has 0 unspecified atom stereocenters. The van der Waals surface area contributed by atoms with Crippen LogP contribution in [0.3, 0.4) is 0 Å². The summed E-state index contributed by atoms with van der Waals surface area (Å²) in [4.78, 5) is 9.97. The number of hydrogen-bond donors (Lipinski definition) is 0. The van der Waals surface area contributed by atoms with E-state index in [0.717, 1.165) is 26.4 Å². The number of carbonyl (C=O) groups excluding carboxylic acids is 1. The molecule has 1 aliphatic heterocycles. The standard InChI is InChI=1S/C4H8O3.C4H8O2/c1-3-7-4(5)6-2;1-2-6-4-3-5-1/h3H2,1-2H3;1-4H2. The van der Waals surface area contributed by atoms with E-state index in [-0.39, 0.29) is 0 Å². The second-order valence-electron chi connectivity index (χ2n) is 2.11. The highest BCUT2D eigenvalue weighted by atomic mass is 16.7. The second kappa shape index (κ2) is 9.28. The molecule has 0 aromatic rings. The summed E-state index contributed by atoms with van der Waals surface area (Å²) in [5, 5.41) is 0. The Morgan fingerprint density at radius 1 is 1.23 bits per heavy atom. The minimum absolute atomic E-state index is 0.368. The van der Waals surface area contributed by atoms with E-state index in [0.29, 0.717) is 6.61 Å². The van der Waals surface area contributed by atoms with Crippen LogP contribution in [0.2, 0.25) is 0 Å². The van der Waals surface area contributed by atoms with Crippen molar-refractivity contribution in [3.05, 3.63) is 0 Å². The Labute approximate surface area is 77.9 Å². The molecule has 0 aromatic heterocycles. The Morgan fingerprint density at radius 2 is 1.69 bits per heavy atom. The van der Waals surface area contributed by atoms with Crippen molar-refractivity contribution in [1.82, 2.24) is 0 Å². The van der Waals surface area contributed by atoms with Crippen LogP contribution in [-0.2, 0) is 18.9 Å². The Bertz CT molecular complexity index is 110. The van der Waals surface area contributed by atoms with Crippen LogP contribution < -0.4 is 0 Å². The van der Waals surface area contributed by atoms with Gasteiger partial charge >= 0.3 is 6.16 Å². The molecular formula is C8H16O5. The van der Waals surface area contributed by atoms with Crippen LogP contribution in [0.15, 0.2) is 0 Å². The first-order valence-electron chi connectivity index (χ1n) is 4.17. The van der Waals surface area contributed by atoms with E-state index in [1.807, 2.05) is 0 Å². The zero-order chi connectivity index (χ0) is 9.94. The van der Waals surface area contributed by atoms with Crippen molar-refractivity contribution in [2.24, 2.45) is 0 Å². The topological polar surface area (TPSA) is 54.0 Å². The third kappa shape index (κ3) is 9.10. The largest absolute Gasteiger partial charge is 0.507 e. The molecule has 1 fully saturated rings. The number of methoxy groups -OCH3 is 1. The van der Waals surface area contributed by atoms with Crippen LogP contribution in [0.5, 0.6) is 0 Å². The maximum Gasteiger partial charge on any atom is 0.507 e. The van der Waals surface area contributed by atoms with Crippen LogP contribution >= 0.6 is 0 Å². The fraction of sp³-hybridized carbons (Fsp3) is 0.875. The smallest absolute Gasteiger partial charge is 0.438 e. The molecule has 1 saturated heterocycles. The molecule has 1 rings (SSSR count). The van der Waals surface area contributed by atoms with Gasteiger partial charge in [0, 0.05) is 0 Å². The van der Waals surface area contributed by atoms with E-state index < -0.39 is 6.16 Å². The third-order valence-corrected chi connectivity index (χ3v) is 1.17. The number of hydrogen-bond acceptors (Lipinski definition) is 5. The van der Waals surface area contributed by atoms with Crippen LogP contribution in [0.1, 0.15) is 6.92 Å². The molecular weight excluding hydrogens is 176 g/mol. The molecule has 1 heterocycles. The summed E-state index contributed by atoms with van der Waals surface area (Å²) < 4.78 is 18.3. The monoisotopic (exact) mass is 192 g/mol. The average molecular weight is 192 g/mol. The summed E-state index contributed by atoms with van der Waals surface area (Å²) in [6.07, 6.45) is -0.623. The maximum atomic E-state index is 9.97. The van der Waals surface area contributed by atoms with Gasteiger partial charge < -0.3 is 18.9 Å². The predicted octanol–water partition coefficient (Wildman–Crippen LogP) is 0.823. The number of carbonyl (C=O) groups is 1. The Hall–Kier alpha value is -0.810. The Balaban J connectivity index is 0.000000223. The van der Waals surface area contributed by atoms with Crippen molar-refractivity contribution in [2.75, 3.05) is 40.1 Å². The van der Waals surface area contributed by atoms with E-state index in [9.17, 15) is 4.79 Å². The van der Waals surface area contributed by atoms with Crippen LogP contribution in [0.4, 0.5) is 4.79 Å². The van der Waals surface area contributed by atoms with Gasteiger partial charge in [-0.1, -0.05) is 0 Å². The lowest BCUT2D eigenvalue weighted by molar-refractivity contribution is -0.0334. The summed E-state index contributed by atoms with van der Waals surface area (Å²) >= 11 is 0. The minimum Gasteiger partial charge on any atom is -0.438 e. The quantitative estimate of drug-likeness (QED) is 0.576. The summed E-state index contributed by atoms with van der Waals surface area (Å²) in [6.45, 7) is 5.20. The second-order valence-corrected chi connectivity index (χ2v) is 2.11. The normalized spacial score (nSPS) is 15.2. The fourth-order valence-electron chi connectivity index (χ4n) is 0.617. The molecule has 0 atom stereocenters. The van der Waals surface area contributed by atoms with Gasteiger partial charge in [-0.2, -0.15) is 0 Å². The highest BCUT2D eigenvalue weighted by Gasteiger charge is 1.94. The lowest BCUT2D eigenvalue weighted by Crippen LogP contribution is -2.16. The van der Waals surface area contributed by atoms with Crippen molar-refractivity contribution in [3.63, 3.8) is 0 Å². The molecule has 13 heavy (non-hydrogen) atoms. The molecule has 0 N–H and O–H groups in total. The van der Waals surface area contributed by atoms with Crippen LogP contribution in [0.25, 0.3) is 0 Å². The highest BCUT2D eigenvalue weighted by Crippen LogP contribution is 1.85. The maximum absolute atomic E-state index is 9.97. The van der Waals surface area contributed by atoms with Crippen molar-refractivity contribution in [2.45, 2.75) is 6.92 Å². The molecule has 0 aromatic carbocycles. The first-order chi connectivity index (χ1) is 6.31. The predicted molar refractivity (Wildman–Crippen MR) is 45.7 cm³/mol. The van der Waals surface area contributed by atoms with Crippen molar-refractivity contribution in [1.29, 1.82) is 0 Å². The zero-order valence-corrected chi connectivity index (χ0v) is 8.08. The SMILES string of the molecule is C1COCCO1.CCOC(=O)OC. The lowest BCUT2D eigenvalue weighted by atomic mass is 10.6. The molecule has 78 valence electrons. The molecule has 1 aliphatic rings. The van der Waals surface area contributed by atoms with Gasteiger partial charge in [0.2, 0.25) is 0 Å². The summed E-state index contributed by atoms with van der Waals surface area (Å²) in [6, 6.07) is 0. The van der Waals surface area contributed by atoms with Gasteiger partial charge in [-0.3, -0.25) is 0 Å². The first kappa shape index (κ1) is 12.2. The first-order valence-corrected chi connectivity index (χ1v) is 4.17. The molecule has 0 radical (unpaired) electrons. The van der Waals surface area contributed by atoms with Crippen LogP contribution in [0, 0.1) is 0 Å². The molecule has 0 aliphatic carbocycles. The van der Waals surface area contributed by atoms with E-state index >= 15 is 0 Å². The Kier molecular flexibility index (Phi) is 8.70. The van der Waals surface area contributed by atoms with E-state index in [4.69, 9.17) is 9.47 Å². The molecule has 0 saturated carbocycles. The average Bonchev–Trinajstić information content (AvgIpc) is 2.22. The van der Waals surface area contributed by atoms with Gasteiger partial charge in [-0.05, 0) is 6.92 Å². The third-order valence-electron chi connectivity index (χ3n) is 1.17. The fourth-order valence-corrected chi connectivity index (χ4v) is 0.617. The minimum atomic E-state index is -0.623. The van der Waals surface area contributed by atoms with Crippen molar-refractivity contribution >= 4 is 6.16 Å². The van der Waals surface area contributed by atoms with Gasteiger partial charge in [-0.25, -0.2) is 4.79 Å². The summed E-state index contributed by atoms with van der Waals surface area (Å²) in [5.74, 6) is 0. The Morgan fingerprint density at radius 3 is 1.85 bits per heavy atom. The summed E-state index contributed by atoms with van der Waals surface area (Å²) in [5.41, 5.74) is 0. The number of rotatable bonds is 1. The van der Waals surface area contributed by atoms with Gasteiger partial charge in [-0.15, -0.1) is 0 Å². The highest BCUT2D eigenvalue weighted by molar-refractivity contribution is 5.59. The molecule has 5 heteroatoms. The van der Waals surface area contributed by atoms with Gasteiger partial charge in [0.1, 0.15) is 0 Å². The molecule has 0 bridgehead atoms. The summed E-state index contributed by atoms with van der Waals surface area (Å²) in [7, 11) is 1.28. The molecule has 5 nitrogen and oxygen atoms in total. The van der Waals surface area contributed by atoms with E-state index in [1.165, 1.54) is 7.11 Å². The van der Waals surface area contributed by atoms with Gasteiger partial charge in [0.05, 0.1) is 40.1 Å². The van der Waals surface area contributed by atoms with E-state index in [2.05, 4.69) is 9.47 Å².